The van der Waals surface area contributed by atoms with E-state index in [-0.39, 0.29) is 11.6 Å². The van der Waals surface area contributed by atoms with Crippen molar-refractivity contribution >= 4 is 28.6 Å². The van der Waals surface area contributed by atoms with Crippen molar-refractivity contribution in [1.29, 1.82) is 0 Å². The highest BCUT2D eigenvalue weighted by Gasteiger charge is 2.14. The highest BCUT2D eigenvalue weighted by molar-refractivity contribution is 7.13. The zero-order valence-corrected chi connectivity index (χ0v) is 11.2. The quantitative estimate of drug-likeness (QED) is 0.690. The molecule has 0 unspecified atom stereocenters. The van der Waals surface area contributed by atoms with Gasteiger partial charge in [-0.25, -0.2) is 4.98 Å². The molecule has 0 aliphatic rings. The largest absolute Gasteiger partial charge is 0.321 e. The van der Waals surface area contributed by atoms with E-state index in [1.807, 2.05) is 6.92 Å². The fourth-order valence-electron chi connectivity index (χ4n) is 1.60. The molecular formula is C12H11N3O3S. The minimum atomic E-state index is -0.484. The number of carbonyl (C=O) groups excluding carboxylic acids is 1. The molecule has 0 saturated heterocycles. The van der Waals surface area contributed by atoms with E-state index in [4.69, 9.17) is 0 Å². The van der Waals surface area contributed by atoms with Gasteiger partial charge in [-0.2, -0.15) is 0 Å². The number of nitrogens with one attached hydrogen (secondary N) is 1. The zero-order valence-electron chi connectivity index (χ0n) is 10.3. The number of nitro benzene ring substituents is 1. The molecule has 0 aliphatic heterocycles. The summed E-state index contributed by atoms with van der Waals surface area (Å²) in [6, 6.07) is 5.69. The predicted molar refractivity (Wildman–Crippen MR) is 72.6 cm³/mol. The first-order valence-corrected chi connectivity index (χ1v) is 6.29. The summed E-state index contributed by atoms with van der Waals surface area (Å²) < 4.78 is 0. The van der Waals surface area contributed by atoms with Crippen molar-refractivity contribution in [2.45, 2.75) is 13.8 Å². The number of anilines is 1. The van der Waals surface area contributed by atoms with Crippen LogP contribution in [0.5, 0.6) is 0 Å². The third-order valence-corrected chi connectivity index (χ3v) is 3.52. The molecule has 0 fully saturated rings. The number of nitro groups is 1. The summed E-state index contributed by atoms with van der Waals surface area (Å²) in [5, 5.41) is 14.0. The maximum absolute atomic E-state index is 12.0. The number of thiazole rings is 1. The van der Waals surface area contributed by atoms with Crippen LogP contribution >= 0.6 is 11.3 Å². The maximum atomic E-state index is 12.0. The van der Waals surface area contributed by atoms with Crippen molar-refractivity contribution < 1.29 is 9.72 Å². The summed E-state index contributed by atoms with van der Waals surface area (Å²) in [6.45, 7) is 3.61. The zero-order chi connectivity index (χ0) is 14.0. The first-order chi connectivity index (χ1) is 8.97. The van der Waals surface area contributed by atoms with E-state index < -0.39 is 4.92 Å². The molecular weight excluding hydrogens is 266 g/mol. The second kappa shape index (κ2) is 5.15. The lowest BCUT2D eigenvalue weighted by atomic mass is 10.2. The van der Waals surface area contributed by atoms with Crippen molar-refractivity contribution in [2.75, 3.05) is 5.32 Å². The number of amides is 1. The number of hydrogen-bond acceptors (Lipinski definition) is 5. The van der Waals surface area contributed by atoms with Gasteiger partial charge in [-0.15, -0.1) is 11.3 Å². The predicted octanol–water partition coefficient (Wildman–Crippen LogP) is 2.92. The SMILES string of the molecule is Cc1nc(C)c(C(=O)Nc2ccc([N+](=O)[O-])cc2)s1. The smallest absolute Gasteiger partial charge is 0.269 e. The third-order valence-electron chi connectivity index (χ3n) is 2.45. The minimum absolute atomic E-state index is 0.0113. The molecule has 0 spiro atoms. The van der Waals surface area contributed by atoms with E-state index >= 15 is 0 Å². The third kappa shape index (κ3) is 2.94. The van der Waals surface area contributed by atoms with Crippen molar-refractivity contribution in [3.63, 3.8) is 0 Å². The summed E-state index contributed by atoms with van der Waals surface area (Å²) in [4.78, 5) is 26.8. The van der Waals surface area contributed by atoms with Crippen LogP contribution in [-0.4, -0.2) is 15.8 Å². The number of aromatic nitrogens is 1. The fourth-order valence-corrected chi connectivity index (χ4v) is 2.41. The molecule has 6 nitrogen and oxygen atoms in total. The monoisotopic (exact) mass is 277 g/mol. The van der Waals surface area contributed by atoms with Crippen LogP contribution in [0, 0.1) is 24.0 Å². The number of hydrogen-bond donors (Lipinski definition) is 1. The molecule has 0 radical (unpaired) electrons. The van der Waals surface area contributed by atoms with Gasteiger partial charge in [-0.05, 0) is 26.0 Å². The van der Waals surface area contributed by atoms with Crippen molar-refractivity contribution in [2.24, 2.45) is 0 Å². The van der Waals surface area contributed by atoms with Gasteiger partial charge in [0.1, 0.15) is 4.88 Å². The summed E-state index contributed by atoms with van der Waals surface area (Å²) in [7, 11) is 0. The number of aryl methyl sites for hydroxylation is 2. The highest BCUT2D eigenvalue weighted by atomic mass is 32.1. The molecule has 2 rings (SSSR count). The second-order valence-electron chi connectivity index (χ2n) is 3.91. The number of carbonyl (C=O) groups is 1. The van der Waals surface area contributed by atoms with Crippen molar-refractivity contribution in [3.05, 3.63) is 50.0 Å². The van der Waals surface area contributed by atoms with Crippen LogP contribution in [0.1, 0.15) is 20.4 Å². The van der Waals surface area contributed by atoms with Crippen molar-refractivity contribution in [3.8, 4) is 0 Å². The molecule has 1 aromatic heterocycles. The van der Waals surface area contributed by atoms with Crippen LogP contribution in [0.3, 0.4) is 0 Å². The Balaban J connectivity index is 2.15. The van der Waals surface area contributed by atoms with Crippen LogP contribution in [0.2, 0.25) is 0 Å². The Morgan fingerprint density at radius 2 is 1.95 bits per heavy atom. The Kier molecular flexibility index (Phi) is 3.57. The number of benzene rings is 1. The topological polar surface area (TPSA) is 85.1 Å². The summed E-state index contributed by atoms with van der Waals surface area (Å²) >= 11 is 1.32. The molecule has 0 bridgehead atoms. The number of nitrogens with zero attached hydrogens (tertiary/aromatic N) is 2. The molecule has 0 atom stereocenters. The maximum Gasteiger partial charge on any atom is 0.269 e. The van der Waals surface area contributed by atoms with E-state index in [9.17, 15) is 14.9 Å². The number of non-ortho nitro benzene ring substituents is 1. The molecule has 1 amide bonds. The Morgan fingerprint density at radius 1 is 1.32 bits per heavy atom. The Bertz CT molecular complexity index is 634. The van der Waals surface area contributed by atoms with Crippen LogP contribution in [0.15, 0.2) is 24.3 Å². The molecule has 0 saturated carbocycles. The van der Waals surface area contributed by atoms with Gasteiger partial charge in [0.15, 0.2) is 0 Å². The highest BCUT2D eigenvalue weighted by Crippen LogP contribution is 2.20. The first kappa shape index (κ1) is 13.2. The van der Waals surface area contributed by atoms with E-state index in [1.54, 1.807) is 6.92 Å². The van der Waals surface area contributed by atoms with Gasteiger partial charge in [-0.3, -0.25) is 14.9 Å². The standard InChI is InChI=1S/C12H11N3O3S/c1-7-11(19-8(2)13-7)12(16)14-9-3-5-10(6-4-9)15(17)18/h3-6H,1-2H3,(H,14,16). The van der Waals surface area contributed by atoms with Crippen LogP contribution in [0.4, 0.5) is 11.4 Å². The van der Waals surface area contributed by atoms with E-state index in [0.717, 1.165) is 5.01 Å². The van der Waals surface area contributed by atoms with Gasteiger partial charge in [0, 0.05) is 17.8 Å². The van der Waals surface area contributed by atoms with E-state index in [2.05, 4.69) is 10.3 Å². The molecule has 7 heteroatoms. The Labute approximate surface area is 113 Å². The van der Waals surface area contributed by atoms with Gasteiger partial charge < -0.3 is 5.32 Å². The average Bonchev–Trinajstić information content (AvgIpc) is 2.69. The molecule has 19 heavy (non-hydrogen) atoms. The van der Waals surface area contributed by atoms with Gasteiger partial charge in [0.05, 0.1) is 15.6 Å². The lowest BCUT2D eigenvalue weighted by Crippen LogP contribution is -2.11. The summed E-state index contributed by atoms with van der Waals surface area (Å²) in [5.74, 6) is -0.253. The summed E-state index contributed by atoms with van der Waals surface area (Å²) in [5.41, 5.74) is 1.19. The average molecular weight is 277 g/mol. The van der Waals surface area contributed by atoms with Crippen molar-refractivity contribution in [1.82, 2.24) is 4.98 Å². The molecule has 1 N–H and O–H groups in total. The van der Waals surface area contributed by atoms with E-state index in [1.165, 1.54) is 35.6 Å². The van der Waals surface area contributed by atoms with E-state index in [0.29, 0.717) is 16.3 Å². The normalized spacial score (nSPS) is 10.2. The molecule has 0 aliphatic carbocycles. The second-order valence-corrected chi connectivity index (χ2v) is 5.11. The van der Waals surface area contributed by atoms with Gasteiger partial charge in [-0.1, -0.05) is 0 Å². The fraction of sp³-hybridized carbons (Fsp3) is 0.167. The minimum Gasteiger partial charge on any atom is -0.321 e. The molecule has 1 aromatic carbocycles. The first-order valence-electron chi connectivity index (χ1n) is 5.47. The molecule has 1 heterocycles. The van der Waals surface area contributed by atoms with Crippen LogP contribution < -0.4 is 5.32 Å². The molecule has 2 aromatic rings. The van der Waals surface area contributed by atoms with Gasteiger partial charge >= 0.3 is 0 Å². The lowest BCUT2D eigenvalue weighted by Gasteiger charge is -2.03. The Hall–Kier alpha value is -2.28. The van der Waals surface area contributed by atoms with Crippen LogP contribution in [-0.2, 0) is 0 Å². The Morgan fingerprint density at radius 3 is 2.42 bits per heavy atom. The summed E-state index contributed by atoms with van der Waals surface area (Å²) in [6.07, 6.45) is 0. The van der Waals surface area contributed by atoms with Crippen LogP contribution in [0.25, 0.3) is 0 Å². The molecule has 98 valence electrons. The van der Waals surface area contributed by atoms with Gasteiger partial charge in [0.2, 0.25) is 0 Å². The lowest BCUT2D eigenvalue weighted by molar-refractivity contribution is -0.384. The number of rotatable bonds is 3. The van der Waals surface area contributed by atoms with Gasteiger partial charge in [0.25, 0.3) is 11.6 Å².